The Morgan fingerprint density at radius 1 is 0.729 bits per heavy atom. The molecule has 1 N–H and O–H groups in total. The summed E-state index contributed by atoms with van der Waals surface area (Å²) in [6, 6.07) is 9.23. The van der Waals surface area contributed by atoms with Crippen molar-refractivity contribution in [2.24, 2.45) is 23.7 Å². The van der Waals surface area contributed by atoms with E-state index in [1.807, 2.05) is 30.3 Å². The maximum absolute atomic E-state index is 13.4. The van der Waals surface area contributed by atoms with Gasteiger partial charge in [0.25, 0.3) is 0 Å². The molecule has 266 valence electrons. The zero-order valence-electron chi connectivity index (χ0n) is 29.3. The fourth-order valence-corrected chi connectivity index (χ4v) is 7.71. The van der Waals surface area contributed by atoms with Gasteiger partial charge >= 0.3 is 6.03 Å². The molecule has 2 aliphatic carbocycles. The third-order valence-corrected chi connectivity index (χ3v) is 10.3. The van der Waals surface area contributed by atoms with Crippen LogP contribution in [0.4, 0.5) is 10.5 Å². The second-order valence-corrected chi connectivity index (χ2v) is 14.1. The molecule has 48 heavy (non-hydrogen) atoms. The molecule has 1 aromatic rings. The Kier molecular flexibility index (Phi) is 14.5. The van der Waals surface area contributed by atoms with Gasteiger partial charge in [0.05, 0.1) is 11.8 Å². The van der Waals surface area contributed by atoms with E-state index in [1.165, 1.54) is 43.4 Å². The lowest BCUT2D eigenvalue weighted by Crippen LogP contribution is -2.52. The zero-order chi connectivity index (χ0) is 34.5. The SMILES string of the molecule is CN(C=O)C[C@@H](CC1CCCC1)C(=O)N1CCCN1.CN(C=O)C[C@@H](CC1CCCC1)C(=O)N1CCCN1C(=O)N(C)c1ccccc1. The highest BCUT2D eigenvalue weighted by atomic mass is 16.2. The molecule has 2 heterocycles. The van der Waals surface area contributed by atoms with Crippen LogP contribution in [0.3, 0.4) is 0 Å². The van der Waals surface area contributed by atoms with Crippen molar-refractivity contribution in [1.82, 2.24) is 30.3 Å². The van der Waals surface area contributed by atoms with Gasteiger partial charge in [-0.15, -0.1) is 0 Å². The van der Waals surface area contributed by atoms with E-state index < -0.39 is 0 Å². The molecular weight excluding hydrogens is 610 g/mol. The molecule has 4 aliphatic rings. The molecule has 4 fully saturated rings. The van der Waals surface area contributed by atoms with Crippen molar-refractivity contribution in [2.45, 2.75) is 77.0 Å². The van der Waals surface area contributed by atoms with Crippen molar-refractivity contribution < 1.29 is 24.0 Å². The van der Waals surface area contributed by atoms with E-state index in [4.69, 9.17) is 0 Å². The van der Waals surface area contributed by atoms with Gasteiger partial charge in [0.1, 0.15) is 0 Å². The van der Waals surface area contributed by atoms with E-state index >= 15 is 0 Å². The van der Waals surface area contributed by atoms with Gasteiger partial charge in [0, 0.05) is 66.1 Å². The van der Waals surface area contributed by atoms with Crippen LogP contribution < -0.4 is 10.3 Å². The molecule has 2 atom stereocenters. The number of nitrogens with zero attached hydrogens (tertiary/aromatic N) is 6. The summed E-state index contributed by atoms with van der Waals surface area (Å²) in [5.41, 5.74) is 3.92. The maximum Gasteiger partial charge on any atom is 0.343 e. The molecule has 0 radical (unpaired) electrons. The van der Waals surface area contributed by atoms with Crippen LogP contribution in [0.2, 0.25) is 0 Å². The van der Waals surface area contributed by atoms with Crippen LogP contribution in [0.5, 0.6) is 0 Å². The molecule has 0 aromatic heterocycles. The molecule has 2 saturated carbocycles. The lowest BCUT2D eigenvalue weighted by atomic mass is 9.92. The van der Waals surface area contributed by atoms with Gasteiger partial charge in [-0.3, -0.25) is 29.1 Å². The molecular formula is C36H57N7O5. The summed E-state index contributed by atoms with van der Waals surface area (Å²) in [6.07, 6.45) is 14.8. The predicted octanol–water partition coefficient (Wildman–Crippen LogP) is 3.98. The topological polar surface area (TPSA) is 117 Å². The molecule has 0 bridgehead atoms. The van der Waals surface area contributed by atoms with E-state index in [1.54, 1.807) is 46.0 Å². The average molecular weight is 668 g/mol. The van der Waals surface area contributed by atoms with Gasteiger partial charge in [-0.1, -0.05) is 69.6 Å². The van der Waals surface area contributed by atoms with E-state index in [2.05, 4.69) is 5.43 Å². The first kappa shape index (κ1) is 37.2. The molecule has 0 spiro atoms. The van der Waals surface area contributed by atoms with Crippen molar-refractivity contribution in [1.29, 1.82) is 0 Å². The summed E-state index contributed by atoms with van der Waals surface area (Å²) < 4.78 is 0. The number of rotatable bonds is 13. The standard InChI is InChI=1S/C22H32N4O3.C14H25N3O2/c1-23(17-27)16-19(15-18-9-6-7-10-18)21(28)25-13-8-14-26(25)22(29)24(2)20-11-4-3-5-12-20;1-16(11-18)10-13(9-12-5-2-3-6-12)14(19)17-8-4-7-15-17/h3-5,11-12,17-19H,6-10,13-16H2,1-2H3;11-13,15H,2-10H2,1H3/t19-;13-/m11/s1. The minimum absolute atomic E-state index is 0.0436. The van der Waals surface area contributed by atoms with Crippen LogP contribution in [0.1, 0.15) is 77.0 Å². The maximum atomic E-state index is 13.4. The van der Waals surface area contributed by atoms with Gasteiger partial charge < -0.3 is 9.80 Å². The third kappa shape index (κ3) is 10.4. The summed E-state index contributed by atoms with van der Waals surface area (Å²) in [4.78, 5) is 65.7. The zero-order valence-corrected chi connectivity index (χ0v) is 29.3. The number of nitrogens with one attached hydrogen (secondary N) is 1. The number of hydrogen-bond donors (Lipinski definition) is 1. The quantitative estimate of drug-likeness (QED) is 0.318. The Morgan fingerprint density at radius 3 is 1.75 bits per heavy atom. The Balaban J connectivity index is 0.000000237. The average Bonchev–Trinajstić information content (AvgIpc) is 3.95. The molecule has 12 heteroatoms. The van der Waals surface area contributed by atoms with Crippen LogP contribution in [0.25, 0.3) is 0 Å². The molecule has 1 aromatic carbocycles. The number of carbonyl (C=O) groups is 5. The van der Waals surface area contributed by atoms with E-state index in [-0.39, 0.29) is 29.7 Å². The molecule has 2 saturated heterocycles. The molecule has 12 nitrogen and oxygen atoms in total. The third-order valence-electron chi connectivity index (χ3n) is 10.3. The molecule has 5 rings (SSSR count). The summed E-state index contributed by atoms with van der Waals surface area (Å²) >= 11 is 0. The Hall–Kier alpha value is -3.67. The summed E-state index contributed by atoms with van der Waals surface area (Å²) in [5.74, 6) is 0.989. The number of hydrogen-bond acceptors (Lipinski definition) is 6. The van der Waals surface area contributed by atoms with Gasteiger partial charge in [0.2, 0.25) is 24.6 Å². The fraction of sp³-hybridized carbons (Fsp3) is 0.694. The largest absolute Gasteiger partial charge is 0.348 e. The molecule has 0 unspecified atom stereocenters. The number of urea groups is 1. The van der Waals surface area contributed by atoms with Crippen LogP contribution in [-0.4, -0.2) is 116 Å². The molecule has 6 amide bonds. The smallest absolute Gasteiger partial charge is 0.343 e. The minimum Gasteiger partial charge on any atom is -0.348 e. The number of hydrazine groups is 2. The number of para-hydroxylation sites is 1. The lowest BCUT2D eigenvalue weighted by molar-refractivity contribution is -0.146. The predicted molar refractivity (Wildman–Crippen MR) is 185 cm³/mol. The highest BCUT2D eigenvalue weighted by Gasteiger charge is 2.37. The van der Waals surface area contributed by atoms with Crippen LogP contribution in [0.15, 0.2) is 30.3 Å². The summed E-state index contributed by atoms with van der Waals surface area (Å²) in [5, 5.41) is 4.93. The van der Waals surface area contributed by atoms with Crippen molar-refractivity contribution >= 4 is 36.4 Å². The van der Waals surface area contributed by atoms with Crippen molar-refractivity contribution in [3.8, 4) is 0 Å². The number of amides is 6. The Labute approximate surface area is 286 Å². The monoisotopic (exact) mass is 667 g/mol. The van der Waals surface area contributed by atoms with Gasteiger partial charge in [-0.2, -0.15) is 0 Å². The van der Waals surface area contributed by atoms with Gasteiger partial charge in [0.15, 0.2) is 0 Å². The van der Waals surface area contributed by atoms with E-state index in [0.29, 0.717) is 38.0 Å². The van der Waals surface area contributed by atoms with E-state index in [9.17, 15) is 24.0 Å². The number of carbonyl (C=O) groups excluding carboxylic acids is 5. The van der Waals surface area contributed by atoms with E-state index in [0.717, 1.165) is 70.1 Å². The van der Waals surface area contributed by atoms with Crippen LogP contribution in [0, 0.1) is 23.7 Å². The Bertz CT molecular complexity index is 1180. The first-order chi connectivity index (χ1) is 23.2. The highest BCUT2D eigenvalue weighted by Crippen LogP contribution is 2.33. The van der Waals surface area contributed by atoms with Crippen LogP contribution >= 0.6 is 0 Å². The van der Waals surface area contributed by atoms with Gasteiger partial charge in [-0.05, 0) is 49.7 Å². The summed E-state index contributed by atoms with van der Waals surface area (Å²) in [7, 11) is 5.19. The van der Waals surface area contributed by atoms with Crippen LogP contribution in [-0.2, 0) is 19.2 Å². The fourth-order valence-electron chi connectivity index (χ4n) is 7.71. The van der Waals surface area contributed by atoms with Gasteiger partial charge in [-0.25, -0.2) is 20.2 Å². The number of anilines is 1. The second kappa shape index (κ2) is 18.8. The van der Waals surface area contributed by atoms with Crippen molar-refractivity contribution in [2.75, 3.05) is 65.3 Å². The lowest BCUT2D eigenvalue weighted by Gasteiger charge is -2.34. The number of benzene rings is 1. The highest BCUT2D eigenvalue weighted by molar-refractivity contribution is 5.93. The first-order valence-corrected chi connectivity index (χ1v) is 18.0. The van der Waals surface area contributed by atoms with Crippen molar-refractivity contribution in [3.63, 3.8) is 0 Å². The second-order valence-electron chi connectivity index (χ2n) is 14.1. The minimum atomic E-state index is -0.274. The normalized spacial score (nSPS) is 19.4. The molecule has 2 aliphatic heterocycles. The Morgan fingerprint density at radius 2 is 1.25 bits per heavy atom. The van der Waals surface area contributed by atoms with Crippen molar-refractivity contribution in [3.05, 3.63) is 30.3 Å². The summed E-state index contributed by atoms with van der Waals surface area (Å²) in [6.45, 7) is 3.68. The first-order valence-electron chi connectivity index (χ1n) is 18.0.